The molecule has 0 bridgehead atoms. The summed E-state index contributed by atoms with van der Waals surface area (Å²) in [5, 5.41) is 4.38. The fourth-order valence-corrected chi connectivity index (χ4v) is 3.14. The smallest absolute Gasteiger partial charge is 0.0221 e. The van der Waals surface area contributed by atoms with E-state index in [2.05, 4.69) is 23.8 Å². The third-order valence-corrected chi connectivity index (χ3v) is 4.36. The van der Waals surface area contributed by atoms with Gasteiger partial charge in [0.1, 0.15) is 0 Å². The standard InChI is InChI=1S/C12H19NS/c1-10-4-2-3-6-12(10,13)8-11-5-7-14-9-11/h5,7,9-10H,2-4,6,8,13H2,1H3. The number of hydrogen-bond donors (Lipinski definition) is 1. The Labute approximate surface area is 90.3 Å². The molecule has 1 aromatic heterocycles. The molecule has 0 amide bonds. The van der Waals surface area contributed by atoms with Gasteiger partial charge in [0.15, 0.2) is 0 Å². The average Bonchev–Trinajstić information content (AvgIpc) is 2.63. The van der Waals surface area contributed by atoms with Gasteiger partial charge in [-0.1, -0.05) is 19.8 Å². The van der Waals surface area contributed by atoms with E-state index in [-0.39, 0.29) is 5.54 Å². The van der Waals surface area contributed by atoms with Crippen molar-refractivity contribution in [3.63, 3.8) is 0 Å². The largest absolute Gasteiger partial charge is 0.325 e. The lowest BCUT2D eigenvalue weighted by Crippen LogP contribution is -2.49. The summed E-state index contributed by atoms with van der Waals surface area (Å²) in [4.78, 5) is 0. The minimum absolute atomic E-state index is 0.0688. The van der Waals surface area contributed by atoms with Crippen LogP contribution in [0.15, 0.2) is 16.8 Å². The highest BCUT2D eigenvalue weighted by molar-refractivity contribution is 7.07. The van der Waals surface area contributed by atoms with Crippen LogP contribution >= 0.6 is 11.3 Å². The van der Waals surface area contributed by atoms with Crippen molar-refractivity contribution in [2.45, 2.75) is 44.6 Å². The second kappa shape index (κ2) is 4.03. The van der Waals surface area contributed by atoms with Crippen molar-refractivity contribution in [1.82, 2.24) is 0 Å². The molecule has 2 rings (SSSR count). The van der Waals surface area contributed by atoms with Crippen LogP contribution in [0.2, 0.25) is 0 Å². The Bertz CT molecular complexity index is 281. The second-order valence-corrected chi connectivity index (χ2v) is 5.47. The summed E-state index contributed by atoms with van der Waals surface area (Å²) in [6, 6.07) is 2.21. The van der Waals surface area contributed by atoms with Crippen LogP contribution in [0.4, 0.5) is 0 Å². The molecule has 1 aliphatic carbocycles. The van der Waals surface area contributed by atoms with Gasteiger partial charge >= 0.3 is 0 Å². The molecule has 2 atom stereocenters. The van der Waals surface area contributed by atoms with E-state index in [0.717, 1.165) is 6.42 Å². The van der Waals surface area contributed by atoms with E-state index in [1.165, 1.54) is 31.2 Å². The van der Waals surface area contributed by atoms with E-state index >= 15 is 0 Å². The van der Waals surface area contributed by atoms with E-state index in [9.17, 15) is 0 Å². The fourth-order valence-electron chi connectivity index (χ4n) is 2.47. The van der Waals surface area contributed by atoms with Crippen LogP contribution in [0.3, 0.4) is 0 Å². The summed E-state index contributed by atoms with van der Waals surface area (Å²) in [7, 11) is 0. The Hall–Kier alpha value is -0.340. The number of nitrogens with two attached hydrogens (primary N) is 1. The zero-order valence-electron chi connectivity index (χ0n) is 8.83. The molecule has 2 heteroatoms. The monoisotopic (exact) mass is 209 g/mol. The molecule has 0 aliphatic heterocycles. The summed E-state index contributed by atoms with van der Waals surface area (Å²) < 4.78 is 0. The summed E-state index contributed by atoms with van der Waals surface area (Å²) >= 11 is 1.77. The maximum absolute atomic E-state index is 6.50. The summed E-state index contributed by atoms with van der Waals surface area (Å²) in [6.45, 7) is 2.31. The van der Waals surface area contributed by atoms with Gasteiger partial charge in [-0.25, -0.2) is 0 Å². The van der Waals surface area contributed by atoms with Gasteiger partial charge in [0.05, 0.1) is 0 Å². The highest BCUT2D eigenvalue weighted by Crippen LogP contribution is 2.34. The molecule has 78 valence electrons. The van der Waals surface area contributed by atoms with Crippen LogP contribution in [0, 0.1) is 5.92 Å². The van der Waals surface area contributed by atoms with E-state index in [1.807, 2.05) is 0 Å². The zero-order valence-corrected chi connectivity index (χ0v) is 9.65. The fraction of sp³-hybridized carbons (Fsp3) is 0.667. The van der Waals surface area contributed by atoms with Crippen molar-refractivity contribution in [3.8, 4) is 0 Å². The molecule has 1 fully saturated rings. The normalized spacial score (nSPS) is 33.1. The van der Waals surface area contributed by atoms with Crippen LogP contribution in [-0.4, -0.2) is 5.54 Å². The van der Waals surface area contributed by atoms with Crippen molar-refractivity contribution >= 4 is 11.3 Å². The van der Waals surface area contributed by atoms with Gasteiger partial charge in [-0.2, -0.15) is 11.3 Å². The highest BCUT2D eigenvalue weighted by atomic mass is 32.1. The first-order chi connectivity index (χ1) is 6.71. The molecule has 0 aromatic carbocycles. The summed E-state index contributed by atoms with van der Waals surface area (Å²) in [5.41, 5.74) is 7.99. The van der Waals surface area contributed by atoms with E-state index in [1.54, 1.807) is 11.3 Å². The van der Waals surface area contributed by atoms with Gasteiger partial charge in [-0.15, -0.1) is 0 Å². The van der Waals surface area contributed by atoms with Crippen LogP contribution < -0.4 is 5.73 Å². The van der Waals surface area contributed by atoms with Crippen LogP contribution in [-0.2, 0) is 6.42 Å². The first-order valence-electron chi connectivity index (χ1n) is 5.51. The summed E-state index contributed by atoms with van der Waals surface area (Å²) in [6.07, 6.45) is 6.25. The zero-order chi connectivity index (χ0) is 10.0. The lowest BCUT2D eigenvalue weighted by molar-refractivity contribution is 0.204. The number of rotatable bonds is 2. The van der Waals surface area contributed by atoms with Crippen LogP contribution in [0.25, 0.3) is 0 Å². The minimum Gasteiger partial charge on any atom is -0.325 e. The first kappa shape index (κ1) is 10.2. The molecule has 1 heterocycles. The molecule has 0 spiro atoms. The molecular weight excluding hydrogens is 190 g/mol. The van der Waals surface area contributed by atoms with Gasteiger partial charge in [0.25, 0.3) is 0 Å². The second-order valence-electron chi connectivity index (χ2n) is 4.69. The van der Waals surface area contributed by atoms with E-state index in [4.69, 9.17) is 5.73 Å². The van der Waals surface area contributed by atoms with E-state index in [0.29, 0.717) is 5.92 Å². The molecule has 14 heavy (non-hydrogen) atoms. The van der Waals surface area contributed by atoms with Crippen molar-refractivity contribution in [1.29, 1.82) is 0 Å². The molecule has 2 N–H and O–H groups in total. The van der Waals surface area contributed by atoms with Gasteiger partial charge < -0.3 is 5.73 Å². The molecule has 0 saturated heterocycles. The Morgan fingerprint density at radius 2 is 2.43 bits per heavy atom. The van der Waals surface area contributed by atoms with Crippen molar-refractivity contribution in [2.24, 2.45) is 11.7 Å². The number of thiophene rings is 1. The lowest BCUT2D eigenvalue weighted by Gasteiger charge is -2.39. The van der Waals surface area contributed by atoms with Gasteiger partial charge in [0, 0.05) is 5.54 Å². The Morgan fingerprint density at radius 3 is 3.07 bits per heavy atom. The topological polar surface area (TPSA) is 26.0 Å². The molecule has 1 aliphatic rings. The average molecular weight is 209 g/mol. The number of hydrogen-bond acceptors (Lipinski definition) is 2. The van der Waals surface area contributed by atoms with Crippen LogP contribution in [0.5, 0.6) is 0 Å². The molecule has 1 nitrogen and oxygen atoms in total. The maximum Gasteiger partial charge on any atom is 0.0221 e. The Balaban J connectivity index is 2.07. The third-order valence-electron chi connectivity index (χ3n) is 3.62. The van der Waals surface area contributed by atoms with Gasteiger partial charge in [-0.3, -0.25) is 0 Å². The van der Waals surface area contributed by atoms with Gasteiger partial charge in [0.2, 0.25) is 0 Å². The predicted molar refractivity (Wildman–Crippen MR) is 62.6 cm³/mol. The lowest BCUT2D eigenvalue weighted by atomic mass is 9.71. The maximum atomic E-state index is 6.50. The SMILES string of the molecule is CC1CCCCC1(N)Cc1ccsc1. The molecule has 2 unspecified atom stereocenters. The molecule has 1 saturated carbocycles. The van der Waals surface area contributed by atoms with Crippen molar-refractivity contribution in [2.75, 3.05) is 0 Å². The van der Waals surface area contributed by atoms with E-state index < -0.39 is 0 Å². The third kappa shape index (κ3) is 2.01. The molecular formula is C12H19NS. The quantitative estimate of drug-likeness (QED) is 0.795. The Morgan fingerprint density at radius 1 is 1.57 bits per heavy atom. The van der Waals surface area contributed by atoms with Gasteiger partial charge in [-0.05, 0) is 47.6 Å². The molecule has 0 radical (unpaired) electrons. The summed E-state index contributed by atoms with van der Waals surface area (Å²) in [5.74, 6) is 0.677. The highest BCUT2D eigenvalue weighted by Gasteiger charge is 2.34. The first-order valence-corrected chi connectivity index (χ1v) is 6.45. The van der Waals surface area contributed by atoms with Crippen LogP contribution in [0.1, 0.15) is 38.2 Å². The minimum atomic E-state index is 0.0688. The predicted octanol–water partition coefficient (Wildman–Crippen LogP) is 3.20. The van der Waals surface area contributed by atoms with Crippen molar-refractivity contribution < 1.29 is 0 Å². The Kier molecular flexibility index (Phi) is 2.93. The van der Waals surface area contributed by atoms with Crippen molar-refractivity contribution in [3.05, 3.63) is 22.4 Å². The molecule has 1 aromatic rings.